The van der Waals surface area contributed by atoms with Gasteiger partial charge in [-0.1, -0.05) is 41.9 Å². The Morgan fingerprint density at radius 2 is 1.80 bits per heavy atom. The van der Waals surface area contributed by atoms with Crippen molar-refractivity contribution in [3.63, 3.8) is 0 Å². The van der Waals surface area contributed by atoms with Gasteiger partial charge in [-0.15, -0.1) is 11.3 Å². The van der Waals surface area contributed by atoms with Gasteiger partial charge in [-0.25, -0.2) is 0 Å². The first kappa shape index (κ1) is 19.2. The minimum atomic E-state index is -0.326. The summed E-state index contributed by atoms with van der Waals surface area (Å²) in [5.41, 5.74) is 2.82. The van der Waals surface area contributed by atoms with E-state index in [1.165, 1.54) is 16.2 Å². The summed E-state index contributed by atoms with van der Waals surface area (Å²) < 4.78 is 10.7. The largest absolute Gasteiger partial charge is 0.454 e. The molecule has 3 heterocycles. The second-order valence-electron chi connectivity index (χ2n) is 6.67. The zero-order valence-corrected chi connectivity index (χ0v) is 17.9. The maximum absolute atomic E-state index is 12.9. The van der Waals surface area contributed by atoms with Crippen LogP contribution in [0, 0.1) is 0 Å². The summed E-state index contributed by atoms with van der Waals surface area (Å²) in [4.78, 5) is 27.9. The summed E-state index contributed by atoms with van der Waals surface area (Å²) in [5.74, 6) is 0.794. The molecule has 0 saturated carbocycles. The lowest BCUT2D eigenvalue weighted by Gasteiger charge is -2.14. The van der Waals surface area contributed by atoms with Crippen molar-refractivity contribution in [1.82, 2.24) is 4.90 Å². The van der Waals surface area contributed by atoms with Crippen LogP contribution >= 0.6 is 34.7 Å². The summed E-state index contributed by atoms with van der Waals surface area (Å²) in [6.07, 6.45) is 1.77. The number of nitrogens with zero attached hydrogens (tertiary/aromatic N) is 1. The maximum atomic E-state index is 12.9. The number of hydrogen-bond acceptors (Lipinski definition) is 6. The standard InChI is InChI=1S/C22H14ClNO4S2/c23-17-9-19-18(27-12-28-19)7-14(17)10-24-21(25)20(30-22(24)26)8-16-6-15(11-29-16)13-4-2-1-3-5-13/h1-9,11H,10,12H2/b20-8-. The molecule has 1 saturated heterocycles. The number of ether oxygens (including phenoxy) is 2. The van der Waals surface area contributed by atoms with Gasteiger partial charge in [-0.2, -0.15) is 0 Å². The van der Waals surface area contributed by atoms with Crippen molar-refractivity contribution in [2.75, 3.05) is 6.79 Å². The first-order chi connectivity index (χ1) is 14.6. The number of thioether (sulfide) groups is 1. The summed E-state index contributed by atoms with van der Waals surface area (Å²) in [5, 5.41) is 2.14. The summed E-state index contributed by atoms with van der Waals surface area (Å²) in [6.45, 7) is 0.211. The topological polar surface area (TPSA) is 55.8 Å². The molecule has 2 amide bonds. The van der Waals surface area contributed by atoms with Crippen molar-refractivity contribution in [3.05, 3.63) is 74.3 Å². The fourth-order valence-corrected chi connectivity index (χ4v) is 5.19. The lowest BCUT2D eigenvalue weighted by molar-refractivity contribution is -0.123. The molecule has 5 rings (SSSR count). The van der Waals surface area contributed by atoms with Crippen LogP contribution in [0.2, 0.25) is 5.02 Å². The molecular formula is C22H14ClNO4S2. The van der Waals surface area contributed by atoms with E-state index < -0.39 is 0 Å². The van der Waals surface area contributed by atoms with Crippen LogP contribution in [0.3, 0.4) is 0 Å². The Morgan fingerprint density at radius 1 is 1.03 bits per heavy atom. The van der Waals surface area contributed by atoms with Gasteiger partial charge in [0.25, 0.3) is 11.1 Å². The predicted molar refractivity (Wildman–Crippen MR) is 119 cm³/mol. The van der Waals surface area contributed by atoms with Crippen molar-refractivity contribution < 1.29 is 19.1 Å². The van der Waals surface area contributed by atoms with Crippen LogP contribution < -0.4 is 9.47 Å². The number of carbonyl (C=O) groups excluding carboxylic acids is 2. The third-order valence-corrected chi connectivity index (χ3v) is 6.88. The molecule has 0 spiro atoms. The Balaban J connectivity index is 1.37. The molecule has 0 bridgehead atoms. The molecule has 0 unspecified atom stereocenters. The summed E-state index contributed by atoms with van der Waals surface area (Å²) in [7, 11) is 0. The normalized spacial score (nSPS) is 16.7. The Kier molecular flexibility index (Phi) is 5.02. The Bertz CT molecular complexity index is 1190. The van der Waals surface area contributed by atoms with E-state index >= 15 is 0 Å². The van der Waals surface area contributed by atoms with Crippen molar-refractivity contribution in [1.29, 1.82) is 0 Å². The average molecular weight is 456 g/mol. The number of rotatable bonds is 4. The van der Waals surface area contributed by atoms with Gasteiger partial charge in [-0.05, 0) is 52.0 Å². The molecule has 2 aliphatic rings. The number of benzene rings is 2. The molecule has 5 nitrogen and oxygen atoms in total. The number of hydrogen-bond donors (Lipinski definition) is 0. The molecule has 2 aliphatic heterocycles. The first-order valence-electron chi connectivity index (χ1n) is 9.06. The Hall–Kier alpha value is -2.74. The van der Waals surface area contributed by atoms with Gasteiger partial charge in [0.05, 0.1) is 11.4 Å². The molecule has 30 heavy (non-hydrogen) atoms. The molecule has 3 aromatic rings. The highest BCUT2D eigenvalue weighted by Gasteiger charge is 2.35. The van der Waals surface area contributed by atoms with Crippen molar-refractivity contribution in [2.45, 2.75) is 6.54 Å². The summed E-state index contributed by atoms with van der Waals surface area (Å²) >= 11 is 8.78. The first-order valence-corrected chi connectivity index (χ1v) is 11.1. The Labute approximate surface area is 185 Å². The zero-order chi connectivity index (χ0) is 20.7. The molecule has 1 aromatic heterocycles. The average Bonchev–Trinajstić information content (AvgIpc) is 3.45. The molecule has 0 atom stereocenters. The van der Waals surface area contributed by atoms with Crippen LogP contribution in [0.4, 0.5) is 4.79 Å². The molecular weight excluding hydrogens is 442 g/mol. The van der Waals surface area contributed by atoms with E-state index in [0.29, 0.717) is 27.0 Å². The van der Waals surface area contributed by atoms with Crippen LogP contribution in [0.1, 0.15) is 10.4 Å². The van der Waals surface area contributed by atoms with Crippen LogP contribution in [-0.2, 0) is 11.3 Å². The fourth-order valence-electron chi connectivity index (χ4n) is 3.23. The number of carbonyl (C=O) groups is 2. The van der Waals surface area contributed by atoms with Gasteiger partial charge in [0.1, 0.15) is 0 Å². The highest BCUT2D eigenvalue weighted by molar-refractivity contribution is 8.18. The second kappa shape index (κ2) is 7.83. The number of fused-ring (bicyclic) bond motifs is 1. The number of amides is 2. The molecule has 0 aliphatic carbocycles. The molecule has 2 aromatic carbocycles. The second-order valence-corrected chi connectivity index (χ2v) is 9.01. The third kappa shape index (κ3) is 3.60. The summed E-state index contributed by atoms with van der Waals surface area (Å²) in [6, 6.07) is 15.4. The van der Waals surface area contributed by atoms with Gasteiger partial charge in [0, 0.05) is 16.0 Å². The fraction of sp³-hybridized carbons (Fsp3) is 0.0909. The highest BCUT2D eigenvalue weighted by Crippen LogP contribution is 2.40. The number of imide groups is 1. The van der Waals surface area contributed by atoms with E-state index in [9.17, 15) is 9.59 Å². The monoisotopic (exact) mass is 455 g/mol. The van der Waals surface area contributed by atoms with E-state index in [2.05, 4.69) is 0 Å². The van der Waals surface area contributed by atoms with Crippen molar-refractivity contribution >= 4 is 51.9 Å². The quantitative estimate of drug-likeness (QED) is 0.449. The lowest BCUT2D eigenvalue weighted by Crippen LogP contribution is -2.27. The lowest BCUT2D eigenvalue weighted by atomic mass is 10.1. The van der Waals surface area contributed by atoms with Gasteiger partial charge in [0.15, 0.2) is 11.5 Å². The van der Waals surface area contributed by atoms with Gasteiger partial charge in [0.2, 0.25) is 6.79 Å². The minimum absolute atomic E-state index is 0.0805. The smallest absolute Gasteiger partial charge is 0.293 e. The third-order valence-electron chi connectivity index (χ3n) is 4.74. The maximum Gasteiger partial charge on any atom is 0.293 e. The van der Waals surface area contributed by atoms with E-state index in [-0.39, 0.29) is 24.5 Å². The minimum Gasteiger partial charge on any atom is -0.454 e. The molecule has 150 valence electrons. The van der Waals surface area contributed by atoms with Crippen LogP contribution in [0.25, 0.3) is 17.2 Å². The predicted octanol–water partition coefficient (Wildman–Crippen LogP) is 6.03. The number of thiophene rings is 1. The molecule has 8 heteroatoms. The van der Waals surface area contributed by atoms with Crippen molar-refractivity contribution in [3.8, 4) is 22.6 Å². The Morgan fingerprint density at radius 3 is 2.60 bits per heavy atom. The molecule has 1 fully saturated rings. The van der Waals surface area contributed by atoms with Crippen LogP contribution in [-0.4, -0.2) is 22.8 Å². The van der Waals surface area contributed by atoms with E-state index in [1.807, 2.05) is 41.8 Å². The van der Waals surface area contributed by atoms with Gasteiger partial charge >= 0.3 is 0 Å². The molecule has 0 radical (unpaired) electrons. The van der Waals surface area contributed by atoms with Gasteiger partial charge in [-0.3, -0.25) is 14.5 Å². The number of halogens is 1. The van der Waals surface area contributed by atoms with Crippen LogP contribution in [0.15, 0.2) is 58.8 Å². The molecule has 0 N–H and O–H groups in total. The van der Waals surface area contributed by atoms with Gasteiger partial charge < -0.3 is 9.47 Å². The van der Waals surface area contributed by atoms with E-state index in [0.717, 1.165) is 27.8 Å². The van der Waals surface area contributed by atoms with E-state index in [4.69, 9.17) is 21.1 Å². The highest BCUT2D eigenvalue weighted by atomic mass is 35.5. The SMILES string of the molecule is O=C1S/C(=C\c2cc(-c3ccccc3)cs2)C(=O)N1Cc1cc2c(cc1Cl)OCO2. The zero-order valence-electron chi connectivity index (χ0n) is 15.5. The van der Waals surface area contributed by atoms with Crippen LogP contribution in [0.5, 0.6) is 11.5 Å². The van der Waals surface area contributed by atoms with Crippen molar-refractivity contribution in [2.24, 2.45) is 0 Å². The van der Waals surface area contributed by atoms with E-state index in [1.54, 1.807) is 18.2 Å².